The fourth-order valence-corrected chi connectivity index (χ4v) is 2.29. The Hall–Kier alpha value is -0.0800. The molecule has 0 amide bonds. The average molecular weight is 154 g/mol. The maximum Gasteiger partial charge on any atom is 0.0221 e. The zero-order chi connectivity index (χ0) is 7.68. The molecule has 2 saturated heterocycles. The molecule has 11 heavy (non-hydrogen) atoms. The van der Waals surface area contributed by atoms with Gasteiger partial charge >= 0.3 is 0 Å². The number of nitrogens with zero attached hydrogens (tertiary/aromatic N) is 1. The first kappa shape index (κ1) is 7.56. The van der Waals surface area contributed by atoms with E-state index in [0.717, 1.165) is 12.1 Å². The van der Waals surface area contributed by atoms with E-state index in [4.69, 9.17) is 0 Å². The topological polar surface area (TPSA) is 15.3 Å². The van der Waals surface area contributed by atoms with Gasteiger partial charge in [0.05, 0.1) is 0 Å². The quantitative estimate of drug-likeness (QED) is 0.602. The lowest BCUT2D eigenvalue weighted by Gasteiger charge is -2.35. The largest absolute Gasteiger partial charge is 0.311 e. The molecule has 2 aliphatic heterocycles. The molecule has 0 aliphatic carbocycles. The van der Waals surface area contributed by atoms with Crippen molar-refractivity contribution < 1.29 is 0 Å². The lowest BCUT2D eigenvalue weighted by molar-refractivity contribution is 0.171. The predicted octanol–water partition coefficient (Wildman–Crippen LogP) is 0.833. The molecule has 0 radical (unpaired) electrons. The molecule has 0 aromatic heterocycles. The highest BCUT2D eigenvalue weighted by Gasteiger charge is 2.29. The molecule has 2 aliphatic rings. The zero-order valence-electron chi connectivity index (χ0n) is 7.34. The molecule has 2 atom stereocenters. The van der Waals surface area contributed by atoms with Crippen LogP contribution in [-0.2, 0) is 0 Å². The van der Waals surface area contributed by atoms with E-state index < -0.39 is 0 Å². The van der Waals surface area contributed by atoms with Gasteiger partial charge in [-0.3, -0.25) is 4.90 Å². The van der Waals surface area contributed by atoms with Gasteiger partial charge in [-0.15, -0.1) is 0 Å². The minimum Gasteiger partial charge on any atom is -0.311 e. The summed E-state index contributed by atoms with van der Waals surface area (Å²) in [5.74, 6) is 0. The third kappa shape index (κ3) is 1.42. The van der Waals surface area contributed by atoms with E-state index in [1.807, 2.05) is 0 Å². The Morgan fingerprint density at radius 3 is 3.27 bits per heavy atom. The highest BCUT2D eigenvalue weighted by molar-refractivity contribution is 4.89. The number of hydrogen-bond acceptors (Lipinski definition) is 2. The molecule has 2 fully saturated rings. The van der Waals surface area contributed by atoms with Gasteiger partial charge in [-0.1, -0.05) is 6.92 Å². The van der Waals surface area contributed by atoms with Crippen molar-refractivity contribution in [1.29, 1.82) is 0 Å². The standard InChI is InChI=1S/C9H18N2/c1-2-8-7-11-5-3-4-9(11)6-10-8/h8-10H,2-7H2,1H3/t8-,9-/m1/s1. The summed E-state index contributed by atoms with van der Waals surface area (Å²) in [6, 6.07) is 1.64. The van der Waals surface area contributed by atoms with Crippen LogP contribution < -0.4 is 5.32 Å². The molecule has 0 spiro atoms. The van der Waals surface area contributed by atoms with Crippen molar-refractivity contribution in [2.24, 2.45) is 0 Å². The zero-order valence-corrected chi connectivity index (χ0v) is 7.34. The second-order valence-corrected chi connectivity index (χ2v) is 3.80. The van der Waals surface area contributed by atoms with E-state index in [1.165, 1.54) is 38.9 Å². The summed E-state index contributed by atoms with van der Waals surface area (Å²) in [6.07, 6.45) is 4.12. The summed E-state index contributed by atoms with van der Waals surface area (Å²) in [7, 11) is 0. The summed E-state index contributed by atoms with van der Waals surface area (Å²) in [5, 5.41) is 3.60. The van der Waals surface area contributed by atoms with E-state index >= 15 is 0 Å². The van der Waals surface area contributed by atoms with Crippen molar-refractivity contribution >= 4 is 0 Å². The summed E-state index contributed by atoms with van der Waals surface area (Å²) < 4.78 is 0. The van der Waals surface area contributed by atoms with Gasteiger partial charge < -0.3 is 5.32 Å². The number of rotatable bonds is 1. The lowest BCUT2D eigenvalue weighted by atomic mass is 10.1. The molecule has 1 N–H and O–H groups in total. The highest BCUT2D eigenvalue weighted by Crippen LogP contribution is 2.20. The Morgan fingerprint density at radius 2 is 2.45 bits per heavy atom. The number of piperazine rings is 1. The maximum atomic E-state index is 3.60. The monoisotopic (exact) mass is 154 g/mol. The van der Waals surface area contributed by atoms with Gasteiger partial charge in [0.2, 0.25) is 0 Å². The molecule has 2 heterocycles. The fraction of sp³-hybridized carbons (Fsp3) is 1.00. The van der Waals surface area contributed by atoms with Crippen molar-refractivity contribution in [2.75, 3.05) is 19.6 Å². The van der Waals surface area contributed by atoms with E-state index in [1.54, 1.807) is 0 Å². The Labute approximate surface area is 69.0 Å². The molecule has 0 aromatic rings. The Balaban J connectivity index is 1.91. The second-order valence-electron chi connectivity index (χ2n) is 3.80. The van der Waals surface area contributed by atoms with Gasteiger partial charge in [0.1, 0.15) is 0 Å². The van der Waals surface area contributed by atoms with Crippen LogP contribution in [-0.4, -0.2) is 36.6 Å². The summed E-state index contributed by atoms with van der Waals surface area (Å²) in [4.78, 5) is 2.66. The van der Waals surface area contributed by atoms with Gasteiger partial charge in [0.25, 0.3) is 0 Å². The molecule has 2 nitrogen and oxygen atoms in total. The smallest absolute Gasteiger partial charge is 0.0221 e. The van der Waals surface area contributed by atoms with Crippen LogP contribution in [0.3, 0.4) is 0 Å². The normalized spacial score (nSPS) is 39.0. The first-order chi connectivity index (χ1) is 5.40. The molecular formula is C9H18N2. The van der Waals surface area contributed by atoms with Crippen LogP contribution in [0.1, 0.15) is 26.2 Å². The van der Waals surface area contributed by atoms with E-state index in [9.17, 15) is 0 Å². The molecule has 0 aromatic carbocycles. The molecular weight excluding hydrogens is 136 g/mol. The molecule has 64 valence electrons. The van der Waals surface area contributed by atoms with Crippen LogP contribution >= 0.6 is 0 Å². The van der Waals surface area contributed by atoms with E-state index in [-0.39, 0.29) is 0 Å². The predicted molar refractivity (Wildman–Crippen MR) is 46.7 cm³/mol. The second kappa shape index (κ2) is 3.11. The highest BCUT2D eigenvalue weighted by atomic mass is 15.2. The Kier molecular flexibility index (Phi) is 2.14. The van der Waals surface area contributed by atoms with Gasteiger partial charge in [-0.2, -0.15) is 0 Å². The molecule has 0 bridgehead atoms. The molecule has 2 rings (SSSR count). The van der Waals surface area contributed by atoms with Crippen LogP contribution in [0.4, 0.5) is 0 Å². The van der Waals surface area contributed by atoms with E-state index in [0.29, 0.717) is 0 Å². The summed E-state index contributed by atoms with van der Waals surface area (Å²) >= 11 is 0. The number of nitrogens with one attached hydrogen (secondary N) is 1. The maximum absolute atomic E-state index is 3.60. The van der Waals surface area contributed by atoms with Crippen LogP contribution in [0, 0.1) is 0 Å². The summed E-state index contributed by atoms with van der Waals surface area (Å²) in [6.45, 7) is 6.15. The Bertz CT molecular complexity index is 136. The molecule has 0 saturated carbocycles. The van der Waals surface area contributed by atoms with Crippen LogP contribution in [0.15, 0.2) is 0 Å². The van der Waals surface area contributed by atoms with Gasteiger partial charge in [-0.25, -0.2) is 0 Å². The molecule has 2 heteroatoms. The van der Waals surface area contributed by atoms with Crippen molar-refractivity contribution in [3.63, 3.8) is 0 Å². The Morgan fingerprint density at radius 1 is 1.55 bits per heavy atom. The van der Waals surface area contributed by atoms with Crippen LogP contribution in [0.5, 0.6) is 0 Å². The first-order valence-corrected chi connectivity index (χ1v) is 4.87. The SMILES string of the molecule is CC[C@@H]1CN2CCC[C@@H]2CN1. The number of hydrogen-bond donors (Lipinski definition) is 1. The van der Waals surface area contributed by atoms with Gasteiger partial charge in [0.15, 0.2) is 0 Å². The number of fused-ring (bicyclic) bond motifs is 1. The third-order valence-corrected chi connectivity index (χ3v) is 3.09. The average Bonchev–Trinajstić information content (AvgIpc) is 2.50. The van der Waals surface area contributed by atoms with Crippen molar-refractivity contribution in [2.45, 2.75) is 38.3 Å². The minimum absolute atomic E-state index is 0.768. The van der Waals surface area contributed by atoms with Gasteiger partial charge in [0, 0.05) is 25.2 Å². The van der Waals surface area contributed by atoms with Crippen LogP contribution in [0.2, 0.25) is 0 Å². The van der Waals surface area contributed by atoms with Crippen molar-refractivity contribution in [1.82, 2.24) is 10.2 Å². The third-order valence-electron chi connectivity index (χ3n) is 3.09. The van der Waals surface area contributed by atoms with Gasteiger partial charge in [-0.05, 0) is 25.8 Å². The summed E-state index contributed by atoms with van der Waals surface area (Å²) in [5.41, 5.74) is 0. The lowest BCUT2D eigenvalue weighted by Crippen LogP contribution is -2.53. The van der Waals surface area contributed by atoms with Crippen molar-refractivity contribution in [3.8, 4) is 0 Å². The van der Waals surface area contributed by atoms with E-state index in [2.05, 4.69) is 17.1 Å². The molecule has 0 unspecified atom stereocenters. The minimum atomic E-state index is 0.768. The van der Waals surface area contributed by atoms with Crippen molar-refractivity contribution in [3.05, 3.63) is 0 Å². The van der Waals surface area contributed by atoms with Crippen LogP contribution in [0.25, 0.3) is 0 Å². The fourth-order valence-electron chi connectivity index (χ4n) is 2.29. The first-order valence-electron chi connectivity index (χ1n) is 4.87.